The Bertz CT molecular complexity index is 758. The van der Waals surface area contributed by atoms with Gasteiger partial charge in [-0.15, -0.1) is 0 Å². The molecule has 0 aliphatic carbocycles. The number of anilines is 1. The van der Waals surface area contributed by atoms with Crippen molar-refractivity contribution >= 4 is 47.6 Å². The van der Waals surface area contributed by atoms with Crippen LogP contribution >= 0.6 is 31.9 Å². The van der Waals surface area contributed by atoms with Crippen molar-refractivity contribution in [2.45, 2.75) is 18.7 Å². The molecule has 0 aliphatic rings. The first-order valence-corrected chi connectivity index (χ1v) is 8.91. The van der Waals surface area contributed by atoms with E-state index in [-0.39, 0.29) is 4.90 Å². The summed E-state index contributed by atoms with van der Waals surface area (Å²) in [5.41, 5.74) is 2.14. The van der Waals surface area contributed by atoms with E-state index in [0.29, 0.717) is 11.3 Å². The van der Waals surface area contributed by atoms with Gasteiger partial charge in [0.1, 0.15) is 0 Å². The van der Waals surface area contributed by atoms with Gasteiger partial charge in [0.2, 0.25) is 0 Å². The van der Waals surface area contributed by atoms with Crippen molar-refractivity contribution in [3.63, 3.8) is 0 Å². The Kier molecular flexibility index (Phi) is 4.56. The highest BCUT2D eigenvalue weighted by atomic mass is 79.9. The van der Waals surface area contributed by atoms with Crippen LogP contribution in [0, 0.1) is 13.8 Å². The molecule has 0 atom stereocenters. The second kappa shape index (κ2) is 5.87. The van der Waals surface area contributed by atoms with Crippen LogP contribution in [-0.2, 0) is 10.0 Å². The molecule has 2 aromatic rings. The third kappa shape index (κ3) is 3.42. The molecule has 0 spiro atoms. The normalized spacial score (nSPS) is 11.4. The van der Waals surface area contributed by atoms with Gasteiger partial charge in [0.15, 0.2) is 0 Å². The van der Waals surface area contributed by atoms with Crippen LogP contribution in [0.15, 0.2) is 50.2 Å². The minimum atomic E-state index is -3.61. The highest BCUT2D eigenvalue weighted by molar-refractivity contribution is 9.10. The molecular formula is C14H13Br2NO2S. The third-order valence-corrected chi connectivity index (χ3v) is 5.38. The Labute approximate surface area is 135 Å². The number of nitrogens with one attached hydrogen (secondary N) is 1. The minimum absolute atomic E-state index is 0.270. The smallest absolute Gasteiger partial charge is 0.262 e. The summed E-state index contributed by atoms with van der Waals surface area (Å²) in [6, 6.07) is 10.7. The summed E-state index contributed by atoms with van der Waals surface area (Å²) in [7, 11) is -3.61. The number of sulfonamides is 1. The molecule has 0 aromatic heterocycles. The molecule has 6 heteroatoms. The maximum absolute atomic E-state index is 12.5. The molecule has 0 saturated heterocycles. The van der Waals surface area contributed by atoms with Crippen molar-refractivity contribution < 1.29 is 8.42 Å². The van der Waals surface area contributed by atoms with E-state index < -0.39 is 10.0 Å². The van der Waals surface area contributed by atoms with Gasteiger partial charge in [-0.05, 0) is 49.2 Å². The summed E-state index contributed by atoms with van der Waals surface area (Å²) in [6.07, 6.45) is 0. The van der Waals surface area contributed by atoms with E-state index in [1.54, 1.807) is 25.1 Å². The number of hydrogen-bond donors (Lipinski definition) is 1. The Hall–Kier alpha value is -0.850. The van der Waals surface area contributed by atoms with E-state index in [1.807, 2.05) is 25.1 Å². The molecule has 106 valence electrons. The average Bonchev–Trinajstić information content (AvgIpc) is 2.36. The standard InChI is InChI=1S/C14H13Br2NO2S/c1-9-3-5-11(15)7-13(9)17-20(18,19)14-8-12(16)6-4-10(14)2/h3-8,17H,1-2H3. The SMILES string of the molecule is Cc1ccc(Br)cc1NS(=O)(=O)c1cc(Br)ccc1C. The molecule has 1 N–H and O–H groups in total. The molecular weight excluding hydrogens is 406 g/mol. The summed E-state index contributed by atoms with van der Waals surface area (Å²) in [5, 5.41) is 0. The molecule has 0 heterocycles. The minimum Gasteiger partial charge on any atom is -0.279 e. The lowest BCUT2D eigenvalue weighted by Crippen LogP contribution is -2.15. The maximum atomic E-state index is 12.5. The Morgan fingerprint density at radius 1 is 0.900 bits per heavy atom. The predicted octanol–water partition coefficient (Wildman–Crippen LogP) is 4.63. The van der Waals surface area contributed by atoms with Gasteiger partial charge in [-0.1, -0.05) is 44.0 Å². The van der Waals surface area contributed by atoms with Crippen molar-refractivity contribution in [3.8, 4) is 0 Å². The van der Waals surface area contributed by atoms with E-state index in [1.165, 1.54) is 0 Å². The van der Waals surface area contributed by atoms with Crippen molar-refractivity contribution in [1.82, 2.24) is 0 Å². The largest absolute Gasteiger partial charge is 0.279 e. The molecule has 0 radical (unpaired) electrons. The zero-order valence-corrected chi connectivity index (χ0v) is 14.9. The number of aryl methyl sites for hydroxylation is 2. The lowest BCUT2D eigenvalue weighted by molar-refractivity contribution is 0.600. The monoisotopic (exact) mass is 417 g/mol. The Morgan fingerprint density at radius 3 is 2.10 bits per heavy atom. The molecule has 0 amide bonds. The molecule has 2 rings (SSSR count). The highest BCUT2D eigenvalue weighted by Crippen LogP contribution is 2.26. The van der Waals surface area contributed by atoms with Crippen molar-refractivity contribution in [3.05, 3.63) is 56.5 Å². The van der Waals surface area contributed by atoms with Crippen molar-refractivity contribution in [2.75, 3.05) is 4.72 Å². The van der Waals surface area contributed by atoms with Crippen LogP contribution in [0.3, 0.4) is 0 Å². The maximum Gasteiger partial charge on any atom is 0.262 e. The lowest BCUT2D eigenvalue weighted by atomic mass is 10.2. The molecule has 0 unspecified atom stereocenters. The van der Waals surface area contributed by atoms with E-state index in [9.17, 15) is 8.42 Å². The zero-order valence-electron chi connectivity index (χ0n) is 10.9. The van der Waals surface area contributed by atoms with Crippen LogP contribution in [0.2, 0.25) is 0 Å². The average molecular weight is 419 g/mol. The van der Waals surface area contributed by atoms with Gasteiger partial charge in [0.05, 0.1) is 10.6 Å². The van der Waals surface area contributed by atoms with Crippen molar-refractivity contribution in [1.29, 1.82) is 0 Å². The summed E-state index contributed by atoms with van der Waals surface area (Å²) < 4.78 is 29.2. The molecule has 0 aliphatic heterocycles. The first-order valence-electron chi connectivity index (χ1n) is 5.85. The lowest BCUT2D eigenvalue weighted by Gasteiger charge is -2.13. The van der Waals surface area contributed by atoms with Crippen LogP contribution < -0.4 is 4.72 Å². The molecule has 3 nitrogen and oxygen atoms in total. The van der Waals surface area contributed by atoms with Gasteiger partial charge in [-0.2, -0.15) is 0 Å². The summed E-state index contributed by atoms with van der Waals surface area (Å²) in [6.45, 7) is 3.63. The van der Waals surface area contributed by atoms with Gasteiger partial charge in [0, 0.05) is 8.95 Å². The van der Waals surface area contributed by atoms with Gasteiger partial charge in [0.25, 0.3) is 10.0 Å². The van der Waals surface area contributed by atoms with Crippen LogP contribution in [0.1, 0.15) is 11.1 Å². The van der Waals surface area contributed by atoms with Crippen LogP contribution in [0.4, 0.5) is 5.69 Å². The van der Waals surface area contributed by atoms with Gasteiger partial charge < -0.3 is 0 Å². The van der Waals surface area contributed by atoms with Gasteiger partial charge in [-0.25, -0.2) is 8.42 Å². The quantitative estimate of drug-likeness (QED) is 0.789. The molecule has 0 fully saturated rings. The highest BCUT2D eigenvalue weighted by Gasteiger charge is 2.18. The van der Waals surface area contributed by atoms with E-state index in [0.717, 1.165) is 14.5 Å². The Morgan fingerprint density at radius 2 is 1.45 bits per heavy atom. The predicted molar refractivity (Wildman–Crippen MR) is 88.6 cm³/mol. The van der Waals surface area contributed by atoms with Crippen LogP contribution in [0.5, 0.6) is 0 Å². The topological polar surface area (TPSA) is 46.2 Å². The van der Waals surface area contributed by atoms with E-state index in [2.05, 4.69) is 36.6 Å². The molecule has 20 heavy (non-hydrogen) atoms. The Balaban J connectivity index is 2.46. The number of hydrogen-bond acceptors (Lipinski definition) is 2. The second-order valence-corrected chi connectivity index (χ2v) is 7.96. The van der Waals surface area contributed by atoms with Crippen LogP contribution in [0.25, 0.3) is 0 Å². The van der Waals surface area contributed by atoms with E-state index >= 15 is 0 Å². The zero-order chi connectivity index (χ0) is 14.9. The molecule has 0 bridgehead atoms. The van der Waals surface area contributed by atoms with Gasteiger partial charge >= 0.3 is 0 Å². The molecule has 2 aromatic carbocycles. The second-order valence-electron chi connectivity index (χ2n) is 4.47. The van der Waals surface area contributed by atoms with E-state index in [4.69, 9.17) is 0 Å². The number of benzene rings is 2. The fourth-order valence-electron chi connectivity index (χ4n) is 1.77. The summed E-state index contributed by atoms with van der Waals surface area (Å²) in [5.74, 6) is 0. The number of halogens is 2. The first-order chi connectivity index (χ1) is 9.29. The van der Waals surface area contributed by atoms with Gasteiger partial charge in [-0.3, -0.25) is 4.72 Å². The first kappa shape index (κ1) is 15.5. The summed E-state index contributed by atoms with van der Waals surface area (Å²) >= 11 is 6.64. The fraction of sp³-hybridized carbons (Fsp3) is 0.143. The van der Waals surface area contributed by atoms with Crippen molar-refractivity contribution in [2.24, 2.45) is 0 Å². The number of rotatable bonds is 3. The third-order valence-electron chi connectivity index (χ3n) is 2.88. The fourth-order valence-corrected chi connectivity index (χ4v) is 4.03. The summed E-state index contributed by atoms with van der Waals surface area (Å²) in [4.78, 5) is 0.270. The molecule has 0 saturated carbocycles. The van der Waals surface area contributed by atoms with Crippen LogP contribution in [-0.4, -0.2) is 8.42 Å².